The van der Waals surface area contributed by atoms with E-state index in [9.17, 15) is 21.6 Å². The summed E-state index contributed by atoms with van der Waals surface area (Å²) in [6, 6.07) is 0. The molecule has 0 saturated heterocycles. The van der Waals surface area contributed by atoms with Crippen LogP contribution in [-0.4, -0.2) is 37.1 Å². The number of sulfonamides is 1. The van der Waals surface area contributed by atoms with Gasteiger partial charge in [-0.05, 0) is 6.92 Å². The summed E-state index contributed by atoms with van der Waals surface area (Å²) in [7, 11) is -3.37. The Labute approximate surface area is 120 Å². The highest BCUT2D eigenvalue weighted by Gasteiger charge is 2.39. The highest BCUT2D eigenvalue weighted by Crippen LogP contribution is 2.34. The molecule has 0 amide bonds. The number of halogens is 3. The molecule has 0 unspecified atom stereocenters. The number of nitrogens with zero attached hydrogens (tertiary/aromatic N) is 2. The Hall–Kier alpha value is -1.13. The zero-order chi connectivity index (χ0) is 15.7. The maximum Gasteiger partial charge on any atom is 0.435 e. The monoisotopic (exact) mass is 327 g/mol. The molecule has 0 aromatic carbocycles. The van der Waals surface area contributed by atoms with Crippen LogP contribution < -0.4 is 4.72 Å². The summed E-state index contributed by atoms with van der Waals surface area (Å²) in [6.45, 7) is 1.75. The zero-order valence-electron chi connectivity index (χ0n) is 11.4. The number of fused-ring (bicyclic) bond motifs is 1. The number of alkyl halides is 3. The first-order valence-corrected chi connectivity index (χ1v) is 8.10. The van der Waals surface area contributed by atoms with Gasteiger partial charge in [-0.25, -0.2) is 13.1 Å². The molecule has 2 rings (SSSR count). The fraction of sp³-hybridized carbons (Fsp3) is 0.727. The van der Waals surface area contributed by atoms with E-state index in [-0.39, 0.29) is 31.0 Å². The van der Waals surface area contributed by atoms with Crippen LogP contribution in [0.1, 0.15) is 23.9 Å². The van der Waals surface area contributed by atoms with Gasteiger partial charge in [0.15, 0.2) is 5.69 Å². The van der Waals surface area contributed by atoms with Crippen molar-refractivity contribution in [3.8, 4) is 0 Å². The third kappa shape index (κ3) is 3.74. The van der Waals surface area contributed by atoms with Crippen LogP contribution in [0.2, 0.25) is 0 Å². The summed E-state index contributed by atoms with van der Waals surface area (Å²) in [6.07, 6.45) is -4.21. The SMILES string of the molecule is CCS(=O)(=O)NCCn1nc(C(F)(F)F)c2c1CCOC2. The van der Waals surface area contributed by atoms with Crippen LogP contribution >= 0.6 is 0 Å². The first-order valence-electron chi connectivity index (χ1n) is 6.45. The number of ether oxygens (including phenoxy) is 1. The molecule has 0 radical (unpaired) electrons. The van der Waals surface area contributed by atoms with Crippen molar-refractivity contribution in [2.24, 2.45) is 0 Å². The fourth-order valence-corrected chi connectivity index (χ4v) is 2.74. The molecule has 1 aromatic heterocycles. The van der Waals surface area contributed by atoms with Gasteiger partial charge in [-0.2, -0.15) is 18.3 Å². The standard InChI is InChI=1S/C11H16F3N3O3S/c1-2-21(18,19)15-4-5-17-9-3-6-20-7-8(9)10(16-17)11(12,13)14/h15H,2-7H2,1H3. The summed E-state index contributed by atoms with van der Waals surface area (Å²) >= 11 is 0. The van der Waals surface area contributed by atoms with E-state index in [1.165, 1.54) is 11.6 Å². The summed E-state index contributed by atoms with van der Waals surface area (Å²) in [5.74, 6) is -0.0775. The number of hydrogen-bond acceptors (Lipinski definition) is 4. The third-order valence-corrected chi connectivity index (χ3v) is 4.59. The molecule has 0 atom stereocenters. The Morgan fingerprint density at radius 1 is 1.43 bits per heavy atom. The van der Waals surface area contributed by atoms with Crippen LogP contribution in [0.25, 0.3) is 0 Å². The van der Waals surface area contributed by atoms with Crippen molar-refractivity contribution >= 4 is 10.0 Å². The molecular weight excluding hydrogens is 311 g/mol. The van der Waals surface area contributed by atoms with Gasteiger partial charge in [0.25, 0.3) is 0 Å². The lowest BCUT2D eigenvalue weighted by atomic mass is 10.1. The Balaban J connectivity index is 2.18. The van der Waals surface area contributed by atoms with Crippen molar-refractivity contribution in [2.75, 3.05) is 18.9 Å². The topological polar surface area (TPSA) is 73.2 Å². The Morgan fingerprint density at radius 3 is 2.76 bits per heavy atom. The predicted octanol–water partition coefficient (Wildman–Crippen LogP) is 0.914. The number of rotatable bonds is 5. The first-order chi connectivity index (χ1) is 9.74. The molecule has 1 aromatic rings. The van der Waals surface area contributed by atoms with Crippen molar-refractivity contribution in [1.29, 1.82) is 0 Å². The van der Waals surface area contributed by atoms with Gasteiger partial charge in [0.2, 0.25) is 10.0 Å². The lowest BCUT2D eigenvalue weighted by molar-refractivity contribution is -0.142. The van der Waals surface area contributed by atoms with E-state index < -0.39 is 21.9 Å². The molecule has 120 valence electrons. The molecule has 0 aliphatic carbocycles. The van der Waals surface area contributed by atoms with Gasteiger partial charge in [0.05, 0.1) is 25.5 Å². The maximum absolute atomic E-state index is 12.9. The van der Waals surface area contributed by atoms with Crippen molar-refractivity contribution in [3.63, 3.8) is 0 Å². The molecule has 10 heteroatoms. The molecule has 1 N–H and O–H groups in total. The number of aromatic nitrogens is 2. The van der Waals surface area contributed by atoms with E-state index in [1.807, 2.05) is 0 Å². The zero-order valence-corrected chi connectivity index (χ0v) is 12.2. The Kier molecular flexibility index (Phi) is 4.59. The molecule has 21 heavy (non-hydrogen) atoms. The van der Waals surface area contributed by atoms with Crippen LogP contribution in [0.4, 0.5) is 13.2 Å². The highest BCUT2D eigenvalue weighted by molar-refractivity contribution is 7.89. The van der Waals surface area contributed by atoms with Crippen molar-refractivity contribution < 1.29 is 26.3 Å². The van der Waals surface area contributed by atoms with Crippen molar-refractivity contribution in [1.82, 2.24) is 14.5 Å². The van der Waals surface area contributed by atoms with Crippen molar-refractivity contribution in [2.45, 2.75) is 32.7 Å². The number of nitrogens with one attached hydrogen (secondary N) is 1. The van der Waals surface area contributed by atoms with Crippen LogP contribution in [0, 0.1) is 0 Å². The molecular formula is C11H16F3N3O3S. The van der Waals surface area contributed by atoms with Crippen LogP contribution in [0.5, 0.6) is 0 Å². The summed E-state index contributed by atoms with van der Waals surface area (Å²) < 4.78 is 69.9. The van der Waals surface area contributed by atoms with Crippen LogP contribution in [0.15, 0.2) is 0 Å². The normalized spacial score (nSPS) is 16.0. The largest absolute Gasteiger partial charge is 0.435 e. The molecule has 1 aliphatic rings. The summed E-state index contributed by atoms with van der Waals surface area (Å²) in [5.41, 5.74) is -0.438. The summed E-state index contributed by atoms with van der Waals surface area (Å²) in [4.78, 5) is 0. The minimum atomic E-state index is -4.54. The molecule has 0 spiro atoms. The minimum absolute atomic E-state index is 0.00243. The maximum atomic E-state index is 12.9. The first kappa shape index (κ1) is 16.2. The highest BCUT2D eigenvalue weighted by atomic mass is 32.2. The smallest absolute Gasteiger partial charge is 0.376 e. The number of hydrogen-bond donors (Lipinski definition) is 1. The van der Waals surface area contributed by atoms with Gasteiger partial charge in [-0.1, -0.05) is 0 Å². The van der Waals surface area contributed by atoms with E-state index in [0.29, 0.717) is 18.7 Å². The van der Waals surface area contributed by atoms with Gasteiger partial charge in [0.1, 0.15) is 0 Å². The molecule has 0 fully saturated rings. The van der Waals surface area contributed by atoms with Gasteiger partial charge in [-0.3, -0.25) is 4.68 Å². The van der Waals surface area contributed by atoms with E-state index in [2.05, 4.69) is 9.82 Å². The van der Waals surface area contributed by atoms with Gasteiger partial charge >= 0.3 is 6.18 Å². The van der Waals surface area contributed by atoms with Crippen LogP contribution in [-0.2, 0) is 40.5 Å². The lowest BCUT2D eigenvalue weighted by Crippen LogP contribution is -2.29. The van der Waals surface area contributed by atoms with Gasteiger partial charge in [-0.15, -0.1) is 0 Å². The van der Waals surface area contributed by atoms with E-state index >= 15 is 0 Å². The fourth-order valence-electron chi connectivity index (χ4n) is 2.13. The molecule has 0 bridgehead atoms. The predicted molar refractivity (Wildman–Crippen MR) is 68.1 cm³/mol. The van der Waals surface area contributed by atoms with Crippen molar-refractivity contribution in [3.05, 3.63) is 17.0 Å². The third-order valence-electron chi connectivity index (χ3n) is 3.19. The Bertz CT molecular complexity index is 610. The average Bonchev–Trinajstić information content (AvgIpc) is 2.78. The quantitative estimate of drug-likeness (QED) is 0.873. The minimum Gasteiger partial charge on any atom is -0.376 e. The van der Waals surface area contributed by atoms with E-state index in [4.69, 9.17) is 4.74 Å². The van der Waals surface area contributed by atoms with Crippen LogP contribution in [0.3, 0.4) is 0 Å². The van der Waals surface area contributed by atoms with Gasteiger partial charge < -0.3 is 4.74 Å². The molecule has 6 nitrogen and oxygen atoms in total. The lowest BCUT2D eigenvalue weighted by Gasteiger charge is -2.15. The Morgan fingerprint density at radius 2 is 2.14 bits per heavy atom. The second-order valence-electron chi connectivity index (χ2n) is 4.60. The molecule has 0 saturated carbocycles. The second-order valence-corrected chi connectivity index (χ2v) is 6.69. The second kappa shape index (κ2) is 5.93. The molecule has 1 aliphatic heterocycles. The van der Waals surface area contributed by atoms with E-state index in [1.54, 1.807) is 0 Å². The van der Waals surface area contributed by atoms with Gasteiger partial charge in [0, 0.05) is 24.2 Å². The van der Waals surface area contributed by atoms with E-state index in [0.717, 1.165) is 0 Å². The summed E-state index contributed by atoms with van der Waals surface area (Å²) in [5, 5.41) is 3.59. The molecule has 2 heterocycles. The average molecular weight is 327 g/mol.